The molecule has 0 amide bonds. The second-order valence-corrected chi connectivity index (χ2v) is 3.45. The molecule has 0 bridgehead atoms. The van der Waals surface area contributed by atoms with E-state index in [0.29, 0.717) is 0 Å². The molecule has 0 aliphatic rings. The van der Waals surface area contributed by atoms with E-state index in [-0.39, 0.29) is 5.56 Å². The minimum atomic E-state index is -1.18. The van der Waals surface area contributed by atoms with Crippen LogP contribution in [0.1, 0.15) is 15.9 Å². The maximum atomic E-state index is 11.4. The van der Waals surface area contributed by atoms with Gasteiger partial charge in [-0.15, -0.1) is 0 Å². The van der Waals surface area contributed by atoms with Crippen molar-refractivity contribution in [2.45, 2.75) is 6.92 Å². The lowest BCUT2D eigenvalue weighted by Crippen LogP contribution is -2.03. The molecule has 0 aliphatic heterocycles. The highest BCUT2D eigenvalue weighted by atomic mass is 16.4. The van der Waals surface area contributed by atoms with Crippen LogP contribution in [0.4, 0.5) is 0 Å². The third-order valence-electron chi connectivity index (χ3n) is 2.43. The van der Waals surface area contributed by atoms with E-state index in [4.69, 9.17) is 5.11 Å². The number of aromatic carboxylic acids is 1. The Bertz CT molecular complexity index is 544. The molecule has 2 rings (SSSR count). The first-order valence-corrected chi connectivity index (χ1v) is 4.53. The van der Waals surface area contributed by atoms with Gasteiger partial charge in [-0.25, -0.2) is 4.79 Å². The van der Waals surface area contributed by atoms with Crippen molar-refractivity contribution in [3.8, 4) is 5.75 Å². The van der Waals surface area contributed by atoms with E-state index in [1.54, 1.807) is 6.07 Å². The average molecular weight is 201 g/mol. The van der Waals surface area contributed by atoms with Crippen LogP contribution >= 0.6 is 0 Å². The molecule has 0 spiro atoms. The zero-order chi connectivity index (χ0) is 11.0. The first-order chi connectivity index (χ1) is 7.09. The molecule has 3 heteroatoms. The topological polar surface area (TPSA) is 60.4 Å². The summed E-state index contributed by atoms with van der Waals surface area (Å²) in [5.41, 5.74) is 0.801. The van der Waals surface area contributed by atoms with Crippen LogP contribution < -0.4 is 5.11 Å². The predicted octanol–water partition coefficient (Wildman–Crippen LogP) is 1.92. The van der Waals surface area contributed by atoms with Crippen LogP contribution in [0.15, 0.2) is 30.3 Å². The molecule has 0 fully saturated rings. The summed E-state index contributed by atoms with van der Waals surface area (Å²) in [6.45, 7) is 1.89. The number of hydrogen-bond donors (Lipinski definition) is 1. The van der Waals surface area contributed by atoms with Crippen molar-refractivity contribution in [2.24, 2.45) is 0 Å². The normalized spacial score (nSPS) is 10.5. The standard InChI is InChI=1S/C12H10O3/c1-7-3-2-4-8-5-10(12(14)15)11(13)6-9(7)8/h2-6,13H,1H3,(H,14,15)/p-1. The van der Waals surface area contributed by atoms with Crippen molar-refractivity contribution in [2.75, 3.05) is 0 Å². The molecule has 0 atom stereocenters. The molecule has 0 unspecified atom stereocenters. The van der Waals surface area contributed by atoms with E-state index >= 15 is 0 Å². The molecule has 15 heavy (non-hydrogen) atoms. The van der Waals surface area contributed by atoms with E-state index in [1.165, 1.54) is 12.1 Å². The molecule has 76 valence electrons. The fraction of sp³-hybridized carbons (Fsp3) is 0.0833. The van der Waals surface area contributed by atoms with Gasteiger partial charge in [-0.1, -0.05) is 30.0 Å². The third-order valence-corrected chi connectivity index (χ3v) is 2.43. The zero-order valence-corrected chi connectivity index (χ0v) is 8.15. The lowest BCUT2D eigenvalue weighted by molar-refractivity contribution is -0.268. The molecule has 2 aromatic rings. The zero-order valence-electron chi connectivity index (χ0n) is 8.15. The van der Waals surface area contributed by atoms with Gasteiger partial charge in [0.1, 0.15) is 0 Å². The molecule has 0 radical (unpaired) electrons. The summed E-state index contributed by atoms with van der Waals surface area (Å²) in [5.74, 6) is -1.62. The Morgan fingerprint density at radius 1 is 1.33 bits per heavy atom. The Balaban J connectivity index is 2.82. The lowest BCUT2D eigenvalue weighted by atomic mass is 10.0. The van der Waals surface area contributed by atoms with Crippen molar-refractivity contribution < 1.29 is 15.0 Å². The van der Waals surface area contributed by atoms with E-state index in [9.17, 15) is 9.90 Å². The van der Waals surface area contributed by atoms with Gasteiger partial charge >= 0.3 is 5.97 Å². The average Bonchev–Trinajstić information content (AvgIpc) is 2.18. The number of benzene rings is 2. The number of fused-ring (bicyclic) bond motifs is 1. The van der Waals surface area contributed by atoms with Gasteiger partial charge in [-0.2, -0.15) is 0 Å². The smallest absolute Gasteiger partial charge is 0.335 e. The minimum absolute atomic E-state index is 0.173. The molecule has 2 aromatic carbocycles. The lowest BCUT2D eigenvalue weighted by Gasteiger charge is -2.12. The van der Waals surface area contributed by atoms with E-state index in [0.717, 1.165) is 16.3 Å². The fourth-order valence-corrected chi connectivity index (χ4v) is 1.63. The van der Waals surface area contributed by atoms with Gasteiger partial charge < -0.3 is 10.2 Å². The second-order valence-electron chi connectivity index (χ2n) is 3.45. The van der Waals surface area contributed by atoms with Crippen LogP contribution in [-0.2, 0) is 0 Å². The van der Waals surface area contributed by atoms with Crippen LogP contribution in [0.5, 0.6) is 5.75 Å². The van der Waals surface area contributed by atoms with E-state index in [1.807, 2.05) is 19.1 Å². The highest BCUT2D eigenvalue weighted by Crippen LogP contribution is 2.25. The molecule has 0 aliphatic carbocycles. The van der Waals surface area contributed by atoms with Gasteiger partial charge in [0.15, 0.2) is 0 Å². The first-order valence-electron chi connectivity index (χ1n) is 4.53. The Hall–Kier alpha value is -2.03. The fourth-order valence-electron chi connectivity index (χ4n) is 1.63. The van der Waals surface area contributed by atoms with E-state index in [2.05, 4.69) is 0 Å². The quantitative estimate of drug-likeness (QED) is 0.766. The largest absolute Gasteiger partial charge is 0.872 e. The van der Waals surface area contributed by atoms with Gasteiger partial charge in [-0.3, -0.25) is 0 Å². The molecule has 0 heterocycles. The molecular weight excluding hydrogens is 192 g/mol. The van der Waals surface area contributed by atoms with Crippen LogP contribution in [0.25, 0.3) is 10.8 Å². The maximum Gasteiger partial charge on any atom is 0.335 e. The molecule has 0 saturated carbocycles. The summed E-state index contributed by atoms with van der Waals surface area (Å²) in [6.07, 6.45) is 0. The minimum Gasteiger partial charge on any atom is -0.872 e. The highest BCUT2D eigenvalue weighted by molar-refractivity contribution is 5.98. The van der Waals surface area contributed by atoms with Gasteiger partial charge in [0.25, 0.3) is 0 Å². The van der Waals surface area contributed by atoms with Gasteiger partial charge in [0, 0.05) is 0 Å². The number of carboxylic acids is 1. The summed E-state index contributed by atoms with van der Waals surface area (Å²) in [6, 6.07) is 8.34. The van der Waals surface area contributed by atoms with Crippen molar-refractivity contribution in [3.05, 3.63) is 41.5 Å². The van der Waals surface area contributed by atoms with Gasteiger partial charge in [0.05, 0.1) is 5.56 Å². The van der Waals surface area contributed by atoms with Gasteiger partial charge in [0.2, 0.25) is 0 Å². The first kappa shape index (κ1) is 9.52. The Morgan fingerprint density at radius 3 is 2.73 bits per heavy atom. The number of carbonyl (C=O) groups is 1. The molecular formula is C12H9O3-. The van der Waals surface area contributed by atoms with Crippen LogP contribution in [0.3, 0.4) is 0 Å². The molecule has 0 saturated heterocycles. The summed E-state index contributed by atoms with van der Waals surface area (Å²) in [7, 11) is 0. The predicted molar refractivity (Wildman–Crippen MR) is 55.1 cm³/mol. The van der Waals surface area contributed by atoms with Crippen molar-refractivity contribution in [1.82, 2.24) is 0 Å². The molecule has 1 N–H and O–H groups in total. The van der Waals surface area contributed by atoms with E-state index < -0.39 is 11.7 Å². The Kier molecular flexibility index (Phi) is 2.08. The second kappa shape index (κ2) is 3.28. The monoisotopic (exact) mass is 201 g/mol. The van der Waals surface area contributed by atoms with Crippen molar-refractivity contribution in [1.29, 1.82) is 0 Å². The summed E-state index contributed by atoms with van der Waals surface area (Å²) in [5, 5.41) is 21.8. The Morgan fingerprint density at radius 2 is 2.07 bits per heavy atom. The molecule has 3 nitrogen and oxygen atoms in total. The van der Waals surface area contributed by atoms with Crippen LogP contribution in [0.2, 0.25) is 0 Å². The summed E-state index contributed by atoms with van der Waals surface area (Å²) < 4.78 is 0. The van der Waals surface area contributed by atoms with Crippen molar-refractivity contribution >= 4 is 16.7 Å². The number of hydrogen-bond acceptors (Lipinski definition) is 2. The molecule has 0 aromatic heterocycles. The number of aryl methyl sites for hydroxylation is 1. The summed E-state index contributed by atoms with van der Waals surface area (Å²) in [4.78, 5) is 10.8. The van der Waals surface area contributed by atoms with Crippen molar-refractivity contribution in [3.63, 3.8) is 0 Å². The summed E-state index contributed by atoms with van der Waals surface area (Å²) >= 11 is 0. The number of rotatable bonds is 1. The van der Waals surface area contributed by atoms with Crippen LogP contribution in [-0.4, -0.2) is 11.1 Å². The Labute approximate surface area is 86.6 Å². The highest BCUT2D eigenvalue weighted by Gasteiger charge is 2.06. The van der Waals surface area contributed by atoms with Crippen LogP contribution in [0, 0.1) is 6.92 Å². The third kappa shape index (κ3) is 1.52. The number of carboxylic acid groups (broad SMARTS) is 1. The maximum absolute atomic E-state index is 11.4. The van der Waals surface area contributed by atoms with Gasteiger partial charge in [-0.05, 0) is 29.3 Å². The SMILES string of the molecule is Cc1cccc2cc(C(=O)O)c([O-])cc12.